The maximum Gasteiger partial charge on any atom is 0.262 e. The van der Waals surface area contributed by atoms with Crippen LogP contribution in [0.3, 0.4) is 0 Å². The fourth-order valence-corrected chi connectivity index (χ4v) is 3.72. The average Bonchev–Trinajstić information content (AvgIpc) is 2.82. The minimum Gasteiger partial charge on any atom is -0.389 e. The molecule has 3 N–H and O–H groups in total. The lowest BCUT2D eigenvalue weighted by atomic mass is 10.0. The van der Waals surface area contributed by atoms with Gasteiger partial charge in [-0.2, -0.15) is 0 Å². The lowest BCUT2D eigenvalue weighted by Gasteiger charge is -2.22. The highest BCUT2D eigenvalue weighted by Crippen LogP contribution is 2.37. The molecule has 6 nitrogen and oxygen atoms in total. The number of alkyl halides is 2. The molecule has 2 aromatic heterocycles. The van der Waals surface area contributed by atoms with Gasteiger partial charge in [0.05, 0.1) is 21.8 Å². The molecule has 4 aromatic rings. The predicted molar refractivity (Wildman–Crippen MR) is 131 cm³/mol. The molecule has 0 aliphatic rings. The highest BCUT2D eigenvalue weighted by atomic mass is 35.5. The van der Waals surface area contributed by atoms with Crippen LogP contribution in [-0.2, 0) is 0 Å². The number of rotatable bonds is 8. The Labute approximate surface area is 205 Å². The van der Waals surface area contributed by atoms with Gasteiger partial charge in [0.25, 0.3) is 6.43 Å². The zero-order valence-corrected chi connectivity index (χ0v) is 19.7. The van der Waals surface area contributed by atoms with Gasteiger partial charge in [0, 0.05) is 41.6 Å². The van der Waals surface area contributed by atoms with E-state index in [1.807, 2.05) is 0 Å². The molecule has 0 saturated carbocycles. The van der Waals surface area contributed by atoms with E-state index in [-0.39, 0.29) is 22.8 Å². The van der Waals surface area contributed by atoms with Crippen molar-refractivity contribution in [1.29, 1.82) is 0 Å². The Balaban J connectivity index is 1.69. The van der Waals surface area contributed by atoms with Crippen molar-refractivity contribution in [2.24, 2.45) is 0 Å². The summed E-state index contributed by atoms with van der Waals surface area (Å²) in [5.74, 6) is -0.385. The molecule has 0 bridgehead atoms. The molecule has 1 atom stereocenters. The van der Waals surface area contributed by atoms with Gasteiger partial charge in [-0.05, 0) is 37.6 Å². The molecule has 0 radical (unpaired) electrons. The highest BCUT2D eigenvalue weighted by molar-refractivity contribution is 6.34. The molecule has 35 heavy (non-hydrogen) atoms. The first-order valence-electron chi connectivity index (χ1n) is 10.8. The van der Waals surface area contributed by atoms with E-state index in [0.717, 1.165) is 6.07 Å². The summed E-state index contributed by atoms with van der Waals surface area (Å²) in [5, 5.41) is 16.1. The van der Waals surface area contributed by atoms with E-state index in [0.29, 0.717) is 28.0 Å². The van der Waals surface area contributed by atoms with E-state index in [2.05, 4.69) is 25.6 Å². The number of fused-ring (bicyclic) bond motifs is 1. The van der Waals surface area contributed by atoms with Crippen LogP contribution >= 0.6 is 11.6 Å². The SMILES string of the molecule is CC(C)(O)CNc1ncc(-c2ccc3ncc(Cl)c(N[C@@H](c4ccccc4F)C(F)F)c3c2)cn1. The zero-order valence-electron chi connectivity index (χ0n) is 18.9. The summed E-state index contributed by atoms with van der Waals surface area (Å²) < 4.78 is 42.3. The van der Waals surface area contributed by atoms with Gasteiger partial charge in [-0.25, -0.2) is 23.1 Å². The molecule has 4 rings (SSSR count). The third kappa shape index (κ3) is 5.80. The standard InChI is InChI=1S/C25H23ClF3N5O/c1-25(2,35)13-33-24-31-10-15(11-32-24)14-7-8-20-17(9-14)21(18(26)12-30-20)34-22(23(28)29)16-5-3-4-6-19(16)27/h3-12,22-23,35H,13H2,1-2H3,(H,30,34)(H,31,32,33)/t22-/m0/s1. The van der Waals surface area contributed by atoms with Crippen molar-refractivity contribution in [3.63, 3.8) is 0 Å². The van der Waals surface area contributed by atoms with Gasteiger partial charge in [0.2, 0.25) is 5.95 Å². The Bertz CT molecular complexity index is 1330. The second-order valence-corrected chi connectivity index (χ2v) is 9.06. The zero-order chi connectivity index (χ0) is 25.2. The summed E-state index contributed by atoms with van der Waals surface area (Å²) in [6, 6.07) is 9.04. The summed E-state index contributed by atoms with van der Waals surface area (Å²) in [4.78, 5) is 12.8. The first kappa shape index (κ1) is 24.7. The van der Waals surface area contributed by atoms with Gasteiger partial charge in [-0.3, -0.25) is 4.98 Å². The molecular formula is C25H23ClF3N5O. The topological polar surface area (TPSA) is 83.0 Å². The first-order valence-corrected chi connectivity index (χ1v) is 11.2. The molecule has 182 valence electrons. The van der Waals surface area contributed by atoms with Crippen LogP contribution in [0.15, 0.2) is 61.1 Å². The summed E-state index contributed by atoms with van der Waals surface area (Å²) in [5.41, 5.74) is 1.03. The molecule has 0 aliphatic heterocycles. The van der Waals surface area contributed by atoms with Crippen molar-refractivity contribution >= 4 is 34.1 Å². The minimum absolute atomic E-state index is 0.124. The van der Waals surface area contributed by atoms with Gasteiger partial charge in [-0.1, -0.05) is 35.9 Å². The van der Waals surface area contributed by atoms with Crippen LogP contribution in [0, 0.1) is 5.82 Å². The smallest absolute Gasteiger partial charge is 0.262 e. The molecule has 0 aliphatic carbocycles. The van der Waals surface area contributed by atoms with Crippen molar-refractivity contribution in [2.75, 3.05) is 17.2 Å². The number of halogens is 4. The molecule has 0 fully saturated rings. The van der Waals surface area contributed by atoms with Gasteiger partial charge >= 0.3 is 0 Å². The normalized spacial score (nSPS) is 12.7. The van der Waals surface area contributed by atoms with Crippen molar-refractivity contribution in [3.8, 4) is 11.1 Å². The monoisotopic (exact) mass is 501 g/mol. The molecule has 0 saturated heterocycles. The van der Waals surface area contributed by atoms with Gasteiger partial charge in [0.15, 0.2) is 0 Å². The van der Waals surface area contributed by atoms with E-state index in [1.54, 1.807) is 44.4 Å². The Morgan fingerprint density at radius 3 is 2.37 bits per heavy atom. The number of nitrogens with one attached hydrogen (secondary N) is 2. The summed E-state index contributed by atoms with van der Waals surface area (Å²) in [7, 11) is 0. The number of hydrogen-bond donors (Lipinski definition) is 3. The Morgan fingerprint density at radius 2 is 1.71 bits per heavy atom. The predicted octanol–water partition coefficient (Wildman–Crippen LogP) is 6.09. The van der Waals surface area contributed by atoms with E-state index in [9.17, 15) is 18.3 Å². The molecule has 0 spiro atoms. The van der Waals surface area contributed by atoms with Gasteiger partial charge < -0.3 is 15.7 Å². The molecule has 0 unspecified atom stereocenters. The molecular weight excluding hydrogens is 479 g/mol. The number of nitrogens with zero attached hydrogens (tertiary/aromatic N) is 3. The van der Waals surface area contributed by atoms with Crippen molar-refractivity contribution in [1.82, 2.24) is 15.0 Å². The molecule has 2 aromatic carbocycles. The summed E-state index contributed by atoms with van der Waals surface area (Å²) >= 11 is 6.35. The number of benzene rings is 2. The number of aliphatic hydroxyl groups is 1. The minimum atomic E-state index is -2.90. The number of aromatic nitrogens is 3. The third-order valence-electron chi connectivity index (χ3n) is 5.28. The van der Waals surface area contributed by atoms with E-state index < -0.39 is 23.9 Å². The van der Waals surface area contributed by atoms with E-state index in [4.69, 9.17) is 11.6 Å². The van der Waals surface area contributed by atoms with Crippen LogP contribution in [0.1, 0.15) is 25.5 Å². The van der Waals surface area contributed by atoms with Crippen molar-refractivity contribution < 1.29 is 18.3 Å². The first-order chi connectivity index (χ1) is 16.6. The Morgan fingerprint density at radius 1 is 1.00 bits per heavy atom. The van der Waals surface area contributed by atoms with E-state index >= 15 is 0 Å². The van der Waals surface area contributed by atoms with Crippen LogP contribution in [0.25, 0.3) is 22.0 Å². The van der Waals surface area contributed by atoms with Gasteiger partial charge in [0.1, 0.15) is 11.9 Å². The van der Waals surface area contributed by atoms with Crippen LogP contribution in [0.5, 0.6) is 0 Å². The third-order valence-corrected chi connectivity index (χ3v) is 5.56. The second kappa shape index (κ2) is 10.1. The van der Waals surface area contributed by atoms with Crippen LogP contribution in [-0.4, -0.2) is 38.6 Å². The summed E-state index contributed by atoms with van der Waals surface area (Å²) in [6.45, 7) is 3.60. The lowest BCUT2D eigenvalue weighted by Crippen LogP contribution is -2.29. The average molecular weight is 502 g/mol. The second-order valence-electron chi connectivity index (χ2n) is 8.65. The van der Waals surface area contributed by atoms with Gasteiger partial charge in [-0.15, -0.1) is 0 Å². The molecule has 10 heteroatoms. The van der Waals surface area contributed by atoms with Crippen molar-refractivity contribution in [3.05, 3.63) is 77.5 Å². The van der Waals surface area contributed by atoms with Crippen LogP contribution in [0.4, 0.5) is 24.8 Å². The largest absolute Gasteiger partial charge is 0.389 e. The molecule has 0 amide bonds. The highest BCUT2D eigenvalue weighted by Gasteiger charge is 2.26. The molecule has 2 heterocycles. The van der Waals surface area contributed by atoms with Crippen molar-refractivity contribution in [2.45, 2.75) is 31.9 Å². The fourth-order valence-electron chi connectivity index (χ4n) is 3.52. The van der Waals surface area contributed by atoms with Crippen LogP contribution in [0.2, 0.25) is 5.02 Å². The maximum absolute atomic E-state index is 14.3. The quantitative estimate of drug-likeness (QED) is 0.271. The summed E-state index contributed by atoms with van der Waals surface area (Å²) in [6.07, 6.45) is 1.68. The maximum atomic E-state index is 14.3. The van der Waals surface area contributed by atoms with E-state index in [1.165, 1.54) is 24.4 Å². The number of pyridine rings is 1. The Hall–Kier alpha value is -3.43. The lowest BCUT2D eigenvalue weighted by molar-refractivity contribution is 0.0943. The Kier molecular flexibility index (Phi) is 7.09. The number of hydrogen-bond acceptors (Lipinski definition) is 6. The fraction of sp³-hybridized carbons (Fsp3) is 0.240. The van der Waals surface area contributed by atoms with Crippen LogP contribution < -0.4 is 10.6 Å². The number of anilines is 2.